The van der Waals surface area contributed by atoms with Crippen molar-refractivity contribution in [1.82, 2.24) is 0 Å². The summed E-state index contributed by atoms with van der Waals surface area (Å²) < 4.78 is 5.08. The van der Waals surface area contributed by atoms with E-state index in [0.29, 0.717) is 5.02 Å². The van der Waals surface area contributed by atoms with Crippen LogP contribution in [0.1, 0.15) is 20.7 Å². The highest BCUT2D eigenvalue weighted by atomic mass is 35.5. The van der Waals surface area contributed by atoms with Crippen LogP contribution in [0.15, 0.2) is 36.4 Å². The molecule has 108 valence electrons. The zero-order valence-corrected chi connectivity index (χ0v) is 12.5. The van der Waals surface area contributed by atoms with E-state index in [9.17, 15) is 9.59 Å². The minimum absolute atomic E-state index is 0.0345. The van der Waals surface area contributed by atoms with E-state index in [1.807, 2.05) is 0 Å². The van der Waals surface area contributed by atoms with Gasteiger partial charge in [-0.3, -0.25) is 0 Å². The van der Waals surface area contributed by atoms with Crippen molar-refractivity contribution in [2.45, 2.75) is 0 Å². The van der Waals surface area contributed by atoms with Gasteiger partial charge in [0.1, 0.15) is 0 Å². The Kier molecular flexibility index (Phi) is 4.73. The third-order valence-electron chi connectivity index (χ3n) is 2.55. The fourth-order valence-corrected chi connectivity index (χ4v) is 2.18. The Labute approximate surface area is 134 Å². The first-order chi connectivity index (χ1) is 9.90. The first-order valence-electron chi connectivity index (χ1n) is 5.59. The molecule has 2 rings (SSSR count). The average molecular weight is 346 g/mol. The van der Waals surface area contributed by atoms with E-state index < -0.39 is 11.9 Å². The van der Waals surface area contributed by atoms with Crippen LogP contribution in [-0.4, -0.2) is 17.0 Å². The molecule has 0 aromatic heterocycles. The van der Waals surface area contributed by atoms with Gasteiger partial charge in [0.2, 0.25) is 0 Å². The molecule has 2 aromatic rings. The number of carbonyl (C=O) groups is 2. The van der Waals surface area contributed by atoms with Gasteiger partial charge in [-0.15, -0.1) is 0 Å². The van der Waals surface area contributed by atoms with Crippen LogP contribution in [0, 0.1) is 0 Å². The maximum Gasteiger partial charge on any atom is 0.343 e. The number of carboxylic acid groups (broad SMARTS) is 1. The van der Waals surface area contributed by atoms with E-state index in [0.717, 1.165) is 0 Å². The molecular weight excluding hydrogens is 339 g/mol. The summed E-state index contributed by atoms with van der Waals surface area (Å²) in [5.74, 6) is -2.17. The summed E-state index contributed by atoms with van der Waals surface area (Å²) in [7, 11) is 0. The van der Waals surface area contributed by atoms with Crippen molar-refractivity contribution in [1.29, 1.82) is 0 Å². The van der Waals surface area contributed by atoms with E-state index >= 15 is 0 Å². The van der Waals surface area contributed by atoms with Gasteiger partial charge in [-0.05, 0) is 36.4 Å². The Hall–Kier alpha value is -1.75. The number of benzene rings is 2. The second-order valence-corrected chi connectivity index (χ2v) is 5.16. The SMILES string of the molecule is O=C(Oc1c(Cl)ccc(C(=O)O)c1Cl)c1ccc(Cl)cc1. The van der Waals surface area contributed by atoms with Gasteiger partial charge < -0.3 is 9.84 Å². The van der Waals surface area contributed by atoms with E-state index in [-0.39, 0.29) is 26.9 Å². The van der Waals surface area contributed by atoms with Crippen molar-refractivity contribution in [3.05, 3.63) is 62.6 Å². The van der Waals surface area contributed by atoms with Crippen LogP contribution in [-0.2, 0) is 0 Å². The van der Waals surface area contributed by atoms with Gasteiger partial charge in [0.15, 0.2) is 5.75 Å². The number of hydrogen-bond acceptors (Lipinski definition) is 3. The number of carbonyl (C=O) groups excluding carboxylic acids is 1. The highest BCUT2D eigenvalue weighted by molar-refractivity contribution is 6.39. The number of aromatic carboxylic acids is 1. The van der Waals surface area contributed by atoms with Gasteiger partial charge in [0.25, 0.3) is 0 Å². The standard InChI is InChI=1S/C14H7Cl3O4/c15-8-3-1-7(2-4-8)14(20)21-12-10(16)6-5-9(11(12)17)13(18)19/h1-6H,(H,18,19). The third kappa shape index (κ3) is 3.47. The number of esters is 1. The molecule has 1 N–H and O–H groups in total. The van der Waals surface area contributed by atoms with Gasteiger partial charge in [-0.1, -0.05) is 34.8 Å². The van der Waals surface area contributed by atoms with Crippen LogP contribution in [0.25, 0.3) is 0 Å². The molecule has 0 saturated heterocycles. The van der Waals surface area contributed by atoms with E-state index in [1.165, 1.54) is 36.4 Å². The van der Waals surface area contributed by atoms with Crippen molar-refractivity contribution in [2.75, 3.05) is 0 Å². The van der Waals surface area contributed by atoms with Crippen LogP contribution in [0.3, 0.4) is 0 Å². The molecule has 4 nitrogen and oxygen atoms in total. The molecule has 0 fully saturated rings. The smallest absolute Gasteiger partial charge is 0.343 e. The van der Waals surface area contributed by atoms with E-state index in [4.69, 9.17) is 44.6 Å². The topological polar surface area (TPSA) is 63.6 Å². The maximum absolute atomic E-state index is 12.0. The number of ether oxygens (including phenoxy) is 1. The molecule has 0 unspecified atom stereocenters. The van der Waals surface area contributed by atoms with Gasteiger partial charge in [0.05, 0.1) is 21.2 Å². The Balaban J connectivity index is 2.35. The summed E-state index contributed by atoms with van der Waals surface area (Å²) in [5, 5.41) is 9.24. The number of rotatable bonds is 3. The third-order valence-corrected chi connectivity index (χ3v) is 3.48. The minimum Gasteiger partial charge on any atom is -0.478 e. The van der Waals surface area contributed by atoms with Crippen molar-refractivity contribution in [2.24, 2.45) is 0 Å². The fourth-order valence-electron chi connectivity index (χ4n) is 1.53. The molecule has 0 aliphatic carbocycles. The lowest BCUT2D eigenvalue weighted by Crippen LogP contribution is -2.10. The second-order valence-electron chi connectivity index (χ2n) is 3.94. The molecule has 0 aliphatic heterocycles. The molecule has 0 heterocycles. The Morgan fingerprint density at radius 1 is 0.952 bits per heavy atom. The van der Waals surface area contributed by atoms with Gasteiger partial charge in [-0.2, -0.15) is 0 Å². The zero-order valence-electron chi connectivity index (χ0n) is 10.3. The average Bonchev–Trinajstić information content (AvgIpc) is 2.43. The first kappa shape index (κ1) is 15.6. The molecule has 0 bridgehead atoms. The molecule has 0 atom stereocenters. The predicted octanol–water partition coefficient (Wildman–Crippen LogP) is 4.56. The molecule has 7 heteroatoms. The van der Waals surface area contributed by atoms with Gasteiger partial charge in [-0.25, -0.2) is 9.59 Å². The van der Waals surface area contributed by atoms with Crippen molar-refractivity contribution in [3.8, 4) is 5.75 Å². The van der Waals surface area contributed by atoms with Crippen LogP contribution in [0.4, 0.5) is 0 Å². The summed E-state index contributed by atoms with van der Waals surface area (Å²) >= 11 is 17.5. The number of carboxylic acids is 1. The quantitative estimate of drug-likeness (QED) is 0.654. The van der Waals surface area contributed by atoms with Crippen molar-refractivity contribution < 1.29 is 19.4 Å². The van der Waals surface area contributed by atoms with Crippen molar-refractivity contribution in [3.63, 3.8) is 0 Å². The molecule has 0 saturated carbocycles. The van der Waals surface area contributed by atoms with Crippen LogP contribution >= 0.6 is 34.8 Å². The molecule has 2 aromatic carbocycles. The van der Waals surface area contributed by atoms with Gasteiger partial charge in [0, 0.05) is 5.02 Å². The molecule has 0 spiro atoms. The monoisotopic (exact) mass is 344 g/mol. The molecule has 21 heavy (non-hydrogen) atoms. The van der Waals surface area contributed by atoms with E-state index in [1.54, 1.807) is 0 Å². The lowest BCUT2D eigenvalue weighted by atomic mass is 10.2. The highest BCUT2D eigenvalue weighted by Crippen LogP contribution is 2.36. The summed E-state index contributed by atoms with van der Waals surface area (Å²) in [4.78, 5) is 23.0. The largest absolute Gasteiger partial charge is 0.478 e. The number of hydrogen-bond donors (Lipinski definition) is 1. The van der Waals surface area contributed by atoms with Crippen LogP contribution in [0.2, 0.25) is 15.1 Å². The van der Waals surface area contributed by atoms with E-state index in [2.05, 4.69) is 0 Å². The molecule has 0 radical (unpaired) electrons. The lowest BCUT2D eigenvalue weighted by molar-refractivity contribution is 0.0688. The maximum atomic E-state index is 12.0. The summed E-state index contributed by atoms with van der Waals surface area (Å²) in [6, 6.07) is 8.50. The molecule has 0 amide bonds. The Morgan fingerprint density at radius 2 is 1.57 bits per heavy atom. The normalized spacial score (nSPS) is 10.2. The number of halogens is 3. The van der Waals surface area contributed by atoms with Crippen LogP contribution < -0.4 is 4.74 Å². The van der Waals surface area contributed by atoms with Gasteiger partial charge >= 0.3 is 11.9 Å². The molecule has 0 aliphatic rings. The first-order valence-corrected chi connectivity index (χ1v) is 6.72. The lowest BCUT2D eigenvalue weighted by Gasteiger charge is -2.10. The zero-order chi connectivity index (χ0) is 15.6. The summed E-state index contributed by atoms with van der Waals surface area (Å²) in [6.45, 7) is 0. The Bertz CT molecular complexity index is 711. The molecular formula is C14H7Cl3O4. The minimum atomic E-state index is -1.25. The second kappa shape index (κ2) is 6.35. The Morgan fingerprint density at radius 3 is 2.14 bits per heavy atom. The predicted molar refractivity (Wildman–Crippen MR) is 79.8 cm³/mol. The van der Waals surface area contributed by atoms with Crippen molar-refractivity contribution >= 4 is 46.7 Å². The summed E-state index contributed by atoms with van der Waals surface area (Å²) in [6.07, 6.45) is 0. The fraction of sp³-hybridized carbons (Fsp3) is 0. The van der Waals surface area contributed by atoms with Crippen LogP contribution in [0.5, 0.6) is 5.75 Å². The highest BCUT2D eigenvalue weighted by Gasteiger charge is 2.20. The summed E-state index contributed by atoms with van der Waals surface area (Å²) in [5.41, 5.74) is 0.0206.